The Balaban J connectivity index is 1.50. The normalized spacial score (nSPS) is 18.1. The highest BCUT2D eigenvalue weighted by atomic mass is 16.5. The zero-order valence-electron chi connectivity index (χ0n) is 18.3. The van der Waals surface area contributed by atoms with Crippen molar-refractivity contribution in [2.24, 2.45) is 0 Å². The molecule has 2 aliphatic carbocycles. The quantitative estimate of drug-likeness (QED) is 0.567. The molecule has 0 aliphatic heterocycles. The number of carbonyl (C=O) groups excluding carboxylic acids is 2. The fourth-order valence-corrected chi connectivity index (χ4v) is 4.95. The molecule has 0 bridgehead atoms. The fraction of sp³-hybridized carbons (Fsp3) is 0.625. The van der Waals surface area contributed by atoms with Crippen LogP contribution in [0.5, 0.6) is 0 Å². The molecule has 0 radical (unpaired) electrons. The topological polar surface area (TPSA) is 85.8 Å². The molecule has 0 atom stereocenters. The average molecular weight is 429 g/mol. The maximum absolute atomic E-state index is 13.5. The van der Waals surface area contributed by atoms with Crippen LogP contribution in [0, 0.1) is 0 Å². The molecule has 2 heterocycles. The van der Waals surface area contributed by atoms with Crippen molar-refractivity contribution in [3.8, 4) is 11.3 Å². The molecule has 0 spiro atoms. The summed E-state index contributed by atoms with van der Waals surface area (Å²) in [6.45, 7) is 2.10. The van der Waals surface area contributed by atoms with Crippen LogP contribution in [0.2, 0.25) is 0 Å². The first-order valence-electron chi connectivity index (χ1n) is 11.7. The Labute approximate surface area is 183 Å². The molecule has 1 amide bonds. The predicted molar refractivity (Wildman–Crippen MR) is 114 cm³/mol. The third kappa shape index (κ3) is 5.20. The summed E-state index contributed by atoms with van der Waals surface area (Å²) >= 11 is 0. The summed E-state index contributed by atoms with van der Waals surface area (Å²) in [5, 5.41) is 4.10. The standard InChI is InChI=1S/C24H32N2O5/c1-2-29-23(27)14-20-13-17(16-30-20)22-15-21(25-31-22)24(28)26(18-9-5-3-6-10-18)19-11-7-4-8-12-19/h13,15-16,18-19H,2-12,14H2,1H3. The van der Waals surface area contributed by atoms with Gasteiger partial charge in [0.1, 0.15) is 18.4 Å². The largest absolute Gasteiger partial charge is 0.468 e. The van der Waals surface area contributed by atoms with Crippen LogP contribution in [0.15, 0.2) is 27.3 Å². The van der Waals surface area contributed by atoms with Gasteiger partial charge in [0, 0.05) is 18.2 Å². The highest BCUT2D eigenvalue weighted by Gasteiger charge is 2.34. The van der Waals surface area contributed by atoms with Gasteiger partial charge in [0.25, 0.3) is 5.91 Å². The molecule has 2 saturated carbocycles. The fourth-order valence-electron chi connectivity index (χ4n) is 4.95. The van der Waals surface area contributed by atoms with Crippen LogP contribution in [0.3, 0.4) is 0 Å². The molecule has 0 aromatic carbocycles. The number of nitrogens with zero attached hydrogens (tertiary/aromatic N) is 2. The maximum atomic E-state index is 13.5. The molecule has 31 heavy (non-hydrogen) atoms. The van der Waals surface area contributed by atoms with E-state index in [1.54, 1.807) is 19.1 Å². The van der Waals surface area contributed by atoms with E-state index in [-0.39, 0.29) is 18.3 Å². The Morgan fingerprint density at radius 2 is 1.68 bits per heavy atom. The summed E-state index contributed by atoms with van der Waals surface area (Å²) in [5.74, 6) is 0.592. The molecular weight excluding hydrogens is 396 g/mol. The SMILES string of the molecule is CCOC(=O)Cc1cc(-c2cc(C(=O)N(C3CCCCC3)C3CCCCC3)no2)co1. The number of furan rings is 1. The Morgan fingerprint density at radius 1 is 1.03 bits per heavy atom. The molecule has 7 heteroatoms. The van der Waals surface area contributed by atoms with E-state index in [1.807, 2.05) is 0 Å². The van der Waals surface area contributed by atoms with Crippen LogP contribution in [-0.4, -0.2) is 40.6 Å². The van der Waals surface area contributed by atoms with Crippen LogP contribution >= 0.6 is 0 Å². The number of hydrogen-bond acceptors (Lipinski definition) is 6. The van der Waals surface area contributed by atoms with Crippen LogP contribution < -0.4 is 0 Å². The molecule has 0 saturated heterocycles. The lowest BCUT2D eigenvalue weighted by molar-refractivity contribution is -0.142. The van der Waals surface area contributed by atoms with Crippen molar-refractivity contribution in [3.05, 3.63) is 29.9 Å². The van der Waals surface area contributed by atoms with Gasteiger partial charge in [0.05, 0.1) is 12.2 Å². The van der Waals surface area contributed by atoms with E-state index in [2.05, 4.69) is 10.1 Å². The second-order valence-electron chi connectivity index (χ2n) is 8.66. The molecular formula is C24H32N2O5. The van der Waals surface area contributed by atoms with E-state index in [0.29, 0.717) is 41.5 Å². The van der Waals surface area contributed by atoms with Crippen molar-refractivity contribution in [2.45, 2.75) is 89.6 Å². The van der Waals surface area contributed by atoms with Gasteiger partial charge in [-0.3, -0.25) is 9.59 Å². The lowest BCUT2D eigenvalue weighted by Gasteiger charge is -2.41. The number of rotatable bonds is 7. The highest BCUT2D eigenvalue weighted by Crippen LogP contribution is 2.32. The summed E-state index contributed by atoms with van der Waals surface area (Å²) < 4.78 is 15.9. The second-order valence-corrected chi connectivity index (χ2v) is 8.66. The number of esters is 1. The van der Waals surface area contributed by atoms with Crippen LogP contribution in [-0.2, 0) is 16.0 Å². The second kappa shape index (κ2) is 10.2. The summed E-state index contributed by atoms with van der Waals surface area (Å²) in [7, 11) is 0. The van der Waals surface area contributed by atoms with Crippen molar-refractivity contribution < 1.29 is 23.3 Å². The van der Waals surface area contributed by atoms with Crippen molar-refractivity contribution >= 4 is 11.9 Å². The number of hydrogen-bond donors (Lipinski definition) is 0. The minimum absolute atomic E-state index is 0.0240. The lowest BCUT2D eigenvalue weighted by atomic mass is 9.88. The zero-order chi connectivity index (χ0) is 21.6. The summed E-state index contributed by atoms with van der Waals surface area (Å²) in [6, 6.07) is 4.02. The smallest absolute Gasteiger partial charge is 0.313 e. The van der Waals surface area contributed by atoms with Crippen molar-refractivity contribution in [2.75, 3.05) is 6.61 Å². The van der Waals surface area contributed by atoms with Crippen LogP contribution in [0.1, 0.15) is 87.4 Å². The van der Waals surface area contributed by atoms with E-state index >= 15 is 0 Å². The maximum Gasteiger partial charge on any atom is 0.313 e. The predicted octanol–water partition coefficient (Wildman–Crippen LogP) is 5.15. The van der Waals surface area contributed by atoms with Gasteiger partial charge in [-0.05, 0) is 38.7 Å². The van der Waals surface area contributed by atoms with Crippen LogP contribution in [0.4, 0.5) is 0 Å². The Kier molecular flexibility index (Phi) is 7.10. The first-order valence-corrected chi connectivity index (χ1v) is 11.7. The molecule has 2 aromatic rings. The first kappa shape index (κ1) is 21.7. The van der Waals surface area contributed by atoms with E-state index < -0.39 is 0 Å². The minimum atomic E-state index is -0.340. The molecule has 2 fully saturated rings. The van der Waals surface area contributed by atoms with E-state index in [0.717, 1.165) is 25.7 Å². The van der Waals surface area contributed by atoms with Crippen molar-refractivity contribution in [3.63, 3.8) is 0 Å². The Bertz CT molecular complexity index is 856. The Hall–Kier alpha value is -2.57. The van der Waals surface area contributed by atoms with Crippen LogP contribution in [0.25, 0.3) is 11.3 Å². The molecule has 168 valence electrons. The minimum Gasteiger partial charge on any atom is -0.468 e. The lowest BCUT2D eigenvalue weighted by Crippen LogP contribution is -2.48. The number of carbonyl (C=O) groups is 2. The van der Waals surface area contributed by atoms with E-state index in [4.69, 9.17) is 13.7 Å². The first-order chi connectivity index (χ1) is 15.2. The van der Waals surface area contributed by atoms with E-state index in [1.165, 1.54) is 44.8 Å². The molecule has 2 aromatic heterocycles. The highest BCUT2D eigenvalue weighted by molar-refractivity contribution is 5.93. The third-order valence-electron chi connectivity index (χ3n) is 6.46. The molecule has 7 nitrogen and oxygen atoms in total. The molecule has 0 unspecified atom stereocenters. The van der Waals surface area contributed by atoms with Gasteiger partial charge in [-0.15, -0.1) is 0 Å². The molecule has 2 aliphatic rings. The van der Waals surface area contributed by atoms with Gasteiger partial charge in [-0.1, -0.05) is 43.7 Å². The number of ether oxygens (including phenoxy) is 1. The number of aromatic nitrogens is 1. The van der Waals surface area contributed by atoms with E-state index in [9.17, 15) is 9.59 Å². The molecule has 0 N–H and O–H groups in total. The average Bonchev–Trinajstić information content (AvgIpc) is 3.45. The Morgan fingerprint density at radius 3 is 2.29 bits per heavy atom. The third-order valence-corrected chi connectivity index (χ3v) is 6.46. The monoisotopic (exact) mass is 428 g/mol. The number of amides is 1. The van der Waals surface area contributed by atoms with Crippen molar-refractivity contribution in [1.29, 1.82) is 0 Å². The van der Waals surface area contributed by atoms with Gasteiger partial charge in [0.2, 0.25) is 0 Å². The van der Waals surface area contributed by atoms with Gasteiger partial charge in [-0.2, -0.15) is 0 Å². The summed E-state index contributed by atoms with van der Waals surface area (Å²) in [6.07, 6.45) is 13.1. The summed E-state index contributed by atoms with van der Waals surface area (Å²) in [4.78, 5) is 27.3. The van der Waals surface area contributed by atoms with Gasteiger partial charge in [-0.25, -0.2) is 0 Å². The van der Waals surface area contributed by atoms with Crippen molar-refractivity contribution in [1.82, 2.24) is 10.1 Å². The zero-order valence-corrected chi connectivity index (χ0v) is 18.3. The summed E-state index contributed by atoms with van der Waals surface area (Å²) in [5.41, 5.74) is 1.01. The van der Waals surface area contributed by atoms with Gasteiger partial charge < -0.3 is 18.6 Å². The van der Waals surface area contributed by atoms with Gasteiger partial charge in [0.15, 0.2) is 11.5 Å². The molecule has 4 rings (SSSR count). The van der Waals surface area contributed by atoms with Gasteiger partial charge >= 0.3 is 5.97 Å².